The molecule has 4 atom stereocenters. The van der Waals surface area contributed by atoms with Gasteiger partial charge in [0.05, 0.1) is 24.3 Å². The molecule has 2 bridgehead atoms. The number of rotatable bonds is 2. The topological polar surface area (TPSA) is 50.4 Å². The van der Waals surface area contributed by atoms with Crippen molar-refractivity contribution < 1.29 is 9.53 Å². The second-order valence-corrected chi connectivity index (χ2v) is 5.53. The number of nitrogens with one attached hydrogen (secondary N) is 2. The van der Waals surface area contributed by atoms with E-state index in [0.717, 1.165) is 24.5 Å². The maximum atomic E-state index is 11.8. The zero-order valence-corrected chi connectivity index (χ0v) is 10.6. The Morgan fingerprint density at radius 1 is 1.44 bits per heavy atom. The first-order chi connectivity index (χ1) is 7.33. The normalized spacial score (nSPS) is 40.8. The molecule has 3 fully saturated rings. The van der Waals surface area contributed by atoms with Crippen LogP contribution in [-0.4, -0.2) is 41.8 Å². The lowest BCUT2D eigenvalue weighted by Crippen LogP contribution is -2.49. The summed E-state index contributed by atoms with van der Waals surface area (Å²) in [6, 6.07) is 0.276. The molecule has 3 aliphatic heterocycles. The predicted octanol–water partition coefficient (Wildman–Crippen LogP) is 0.507. The van der Waals surface area contributed by atoms with Gasteiger partial charge in [0, 0.05) is 11.6 Å². The Labute approximate surface area is 106 Å². The molecular weight excluding hydrogens is 248 g/mol. The fourth-order valence-electron chi connectivity index (χ4n) is 2.64. The highest BCUT2D eigenvalue weighted by Gasteiger charge is 2.42. The van der Waals surface area contributed by atoms with Crippen LogP contribution in [0.1, 0.15) is 19.3 Å². The van der Waals surface area contributed by atoms with Gasteiger partial charge in [-0.25, -0.2) is 0 Å². The van der Waals surface area contributed by atoms with Crippen LogP contribution in [0.4, 0.5) is 0 Å². The monoisotopic (exact) mass is 264 g/mol. The molecule has 0 radical (unpaired) electrons. The van der Waals surface area contributed by atoms with E-state index in [4.69, 9.17) is 4.74 Å². The number of halogens is 1. The fourth-order valence-corrected chi connectivity index (χ4v) is 3.58. The van der Waals surface area contributed by atoms with Gasteiger partial charge in [-0.05, 0) is 19.3 Å². The maximum Gasteiger partial charge on any atom is 0.238 e. The average molecular weight is 265 g/mol. The van der Waals surface area contributed by atoms with E-state index in [1.54, 1.807) is 11.8 Å². The van der Waals surface area contributed by atoms with Crippen LogP contribution in [0, 0.1) is 0 Å². The van der Waals surface area contributed by atoms with Gasteiger partial charge in [0.2, 0.25) is 5.91 Å². The number of thioether (sulfide) groups is 1. The number of carbonyl (C=O) groups excluding carboxylic acids is 1. The van der Waals surface area contributed by atoms with E-state index in [1.165, 1.54) is 6.42 Å². The van der Waals surface area contributed by atoms with Crippen LogP contribution in [0.2, 0.25) is 0 Å². The van der Waals surface area contributed by atoms with Gasteiger partial charge in [-0.15, -0.1) is 24.2 Å². The minimum Gasteiger partial charge on any atom is -0.373 e. The van der Waals surface area contributed by atoms with Crippen LogP contribution >= 0.6 is 24.2 Å². The lowest BCUT2D eigenvalue weighted by Gasteiger charge is -2.21. The molecule has 0 spiro atoms. The number of hydrogen-bond acceptors (Lipinski definition) is 4. The van der Waals surface area contributed by atoms with Gasteiger partial charge in [-0.1, -0.05) is 0 Å². The predicted molar refractivity (Wildman–Crippen MR) is 65.9 cm³/mol. The first kappa shape index (κ1) is 12.5. The minimum absolute atomic E-state index is 0. The molecule has 16 heavy (non-hydrogen) atoms. The van der Waals surface area contributed by atoms with E-state index in [2.05, 4.69) is 10.6 Å². The van der Waals surface area contributed by atoms with E-state index in [0.29, 0.717) is 6.10 Å². The molecule has 6 heteroatoms. The summed E-state index contributed by atoms with van der Waals surface area (Å²) in [6.45, 7) is 0. The van der Waals surface area contributed by atoms with E-state index in [1.807, 2.05) is 0 Å². The Morgan fingerprint density at radius 3 is 2.88 bits per heavy atom. The quantitative estimate of drug-likeness (QED) is 0.763. The van der Waals surface area contributed by atoms with E-state index in [9.17, 15) is 4.79 Å². The number of ether oxygens (including phenoxy) is 1. The van der Waals surface area contributed by atoms with Gasteiger partial charge < -0.3 is 10.1 Å². The average Bonchev–Trinajstić information content (AvgIpc) is 2.95. The van der Waals surface area contributed by atoms with Gasteiger partial charge in [-0.3, -0.25) is 10.1 Å². The van der Waals surface area contributed by atoms with Crippen LogP contribution in [0.5, 0.6) is 0 Å². The number of carbonyl (C=O) groups is 1. The molecule has 4 nitrogen and oxygen atoms in total. The summed E-state index contributed by atoms with van der Waals surface area (Å²) < 4.78 is 5.71. The van der Waals surface area contributed by atoms with Crippen molar-refractivity contribution in [2.75, 3.05) is 11.6 Å². The Hall–Kier alpha value is 0.0300. The smallest absolute Gasteiger partial charge is 0.238 e. The molecule has 3 aliphatic rings. The Kier molecular flexibility index (Phi) is 4.00. The third-order valence-electron chi connectivity index (χ3n) is 3.47. The highest BCUT2D eigenvalue weighted by Crippen LogP contribution is 2.34. The molecule has 0 aromatic heterocycles. The van der Waals surface area contributed by atoms with Crippen LogP contribution in [0.25, 0.3) is 0 Å². The first-order valence-corrected chi connectivity index (χ1v) is 6.75. The summed E-state index contributed by atoms with van der Waals surface area (Å²) in [5.74, 6) is 1.94. The third-order valence-corrected chi connectivity index (χ3v) is 4.41. The van der Waals surface area contributed by atoms with Crippen molar-refractivity contribution in [1.82, 2.24) is 10.6 Å². The van der Waals surface area contributed by atoms with E-state index >= 15 is 0 Å². The number of hydrogen-bond donors (Lipinski definition) is 2. The molecular formula is C10H17ClN2O2S. The van der Waals surface area contributed by atoms with Crippen molar-refractivity contribution in [3.05, 3.63) is 0 Å². The molecule has 0 aliphatic carbocycles. The van der Waals surface area contributed by atoms with Crippen LogP contribution < -0.4 is 10.6 Å². The Balaban J connectivity index is 0.000000963. The molecule has 1 amide bonds. The zero-order chi connectivity index (χ0) is 10.3. The Bertz CT molecular complexity index is 274. The molecule has 3 saturated heterocycles. The van der Waals surface area contributed by atoms with Gasteiger partial charge in [0.25, 0.3) is 0 Å². The molecule has 3 rings (SSSR count). The second kappa shape index (κ2) is 5.12. The lowest BCUT2D eigenvalue weighted by molar-refractivity contribution is -0.123. The van der Waals surface area contributed by atoms with E-state index < -0.39 is 0 Å². The van der Waals surface area contributed by atoms with Crippen molar-refractivity contribution in [2.24, 2.45) is 0 Å². The minimum atomic E-state index is 0. The summed E-state index contributed by atoms with van der Waals surface area (Å²) in [4.78, 5) is 11.8. The second-order valence-electron chi connectivity index (χ2n) is 4.50. The third kappa shape index (κ3) is 2.32. The Morgan fingerprint density at radius 2 is 2.31 bits per heavy atom. The van der Waals surface area contributed by atoms with E-state index in [-0.39, 0.29) is 36.5 Å². The molecule has 0 aromatic carbocycles. The van der Waals surface area contributed by atoms with Crippen molar-refractivity contribution in [2.45, 2.75) is 43.6 Å². The molecule has 3 unspecified atom stereocenters. The van der Waals surface area contributed by atoms with Crippen molar-refractivity contribution in [1.29, 1.82) is 0 Å². The van der Waals surface area contributed by atoms with Crippen LogP contribution in [0.15, 0.2) is 0 Å². The highest BCUT2D eigenvalue weighted by molar-refractivity contribution is 7.99. The zero-order valence-electron chi connectivity index (χ0n) is 8.98. The summed E-state index contributed by atoms with van der Waals surface area (Å²) in [5, 5.41) is 6.30. The maximum absolute atomic E-state index is 11.8. The molecule has 92 valence electrons. The van der Waals surface area contributed by atoms with Gasteiger partial charge >= 0.3 is 0 Å². The van der Waals surface area contributed by atoms with Crippen molar-refractivity contribution >= 4 is 30.1 Å². The fraction of sp³-hybridized carbons (Fsp3) is 0.900. The van der Waals surface area contributed by atoms with Crippen molar-refractivity contribution in [3.63, 3.8) is 0 Å². The standard InChI is InChI=1S/C10H16N2O2S.ClH/c13-10(8-4-15-5-11-8)12-7-3-6-1-2-9(7)14-6;/h6-9,11H,1-5H2,(H,12,13);1H/t6?,7?,8-,9?;/m1./s1. The summed E-state index contributed by atoms with van der Waals surface area (Å²) in [6.07, 6.45) is 3.99. The van der Waals surface area contributed by atoms with Crippen molar-refractivity contribution in [3.8, 4) is 0 Å². The first-order valence-electron chi connectivity index (χ1n) is 5.60. The number of amides is 1. The number of fused-ring (bicyclic) bond motifs is 2. The molecule has 2 N–H and O–H groups in total. The highest BCUT2D eigenvalue weighted by atomic mass is 35.5. The van der Waals surface area contributed by atoms with Gasteiger partial charge in [0.1, 0.15) is 0 Å². The summed E-state index contributed by atoms with van der Waals surface area (Å²) in [5.41, 5.74) is 0. The molecule has 0 aromatic rings. The molecule has 0 saturated carbocycles. The molecule has 3 heterocycles. The van der Waals surface area contributed by atoms with Gasteiger partial charge in [-0.2, -0.15) is 0 Å². The SMILES string of the molecule is Cl.O=C(NC1CC2CCC1O2)[C@H]1CSCN1. The summed E-state index contributed by atoms with van der Waals surface area (Å²) >= 11 is 1.78. The van der Waals surface area contributed by atoms with Crippen LogP contribution in [0.3, 0.4) is 0 Å². The van der Waals surface area contributed by atoms with Gasteiger partial charge in [0.15, 0.2) is 0 Å². The lowest BCUT2D eigenvalue weighted by atomic mass is 9.95. The largest absolute Gasteiger partial charge is 0.373 e. The summed E-state index contributed by atoms with van der Waals surface area (Å²) in [7, 11) is 0. The van der Waals surface area contributed by atoms with Crippen LogP contribution in [-0.2, 0) is 9.53 Å².